The molecular formula is C25H27N5O2. The van der Waals surface area contributed by atoms with Gasteiger partial charge in [-0.05, 0) is 50.1 Å². The van der Waals surface area contributed by atoms with E-state index >= 15 is 0 Å². The van der Waals surface area contributed by atoms with Crippen molar-refractivity contribution in [3.8, 4) is 5.69 Å². The maximum atomic E-state index is 12.6. The summed E-state index contributed by atoms with van der Waals surface area (Å²) < 4.78 is 6.80. The van der Waals surface area contributed by atoms with E-state index in [-0.39, 0.29) is 11.9 Å². The van der Waals surface area contributed by atoms with Crippen LogP contribution >= 0.6 is 0 Å². The molecule has 2 N–H and O–H groups in total. The summed E-state index contributed by atoms with van der Waals surface area (Å²) in [6.07, 6.45) is 5.30. The number of hydrogen-bond donors (Lipinski definition) is 2. The lowest BCUT2D eigenvalue weighted by Crippen LogP contribution is -2.14. The number of para-hydroxylation sites is 1. The lowest BCUT2D eigenvalue weighted by molar-refractivity contribution is 0.102. The minimum absolute atomic E-state index is 0.0153. The van der Waals surface area contributed by atoms with E-state index in [0.717, 1.165) is 35.3 Å². The second-order valence-corrected chi connectivity index (χ2v) is 7.78. The maximum absolute atomic E-state index is 12.6. The molecule has 1 unspecified atom stereocenters. The van der Waals surface area contributed by atoms with Crippen LogP contribution in [0, 0.1) is 6.92 Å². The minimum atomic E-state index is -0.238. The number of benzene rings is 2. The third kappa shape index (κ3) is 4.56. The van der Waals surface area contributed by atoms with Crippen molar-refractivity contribution < 1.29 is 9.32 Å². The van der Waals surface area contributed by atoms with Gasteiger partial charge in [-0.3, -0.25) is 4.79 Å². The lowest BCUT2D eigenvalue weighted by atomic mass is 10.0. The van der Waals surface area contributed by atoms with E-state index in [1.54, 1.807) is 12.1 Å². The van der Waals surface area contributed by atoms with Crippen LogP contribution in [0.2, 0.25) is 0 Å². The summed E-state index contributed by atoms with van der Waals surface area (Å²) in [5.41, 5.74) is 5.89. The molecule has 1 amide bonds. The second-order valence-electron chi connectivity index (χ2n) is 7.78. The summed E-state index contributed by atoms with van der Waals surface area (Å²) in [4.78, 5) is 12.6. The monoisotopic (exact) mass is 429 g/mol. The molecule has 7 nitrogen and oxygen atoms in total. The number of hydrogen-bond acceptors (Lipinski definition) is 5. The van der Waals surface area contributed by atoms with Crippen LogP contribution in [-0.4, -0.2) is 20.8 Å². The van der Waals surface area contributed by atoms with Gasteiger partial charge in [-0.25, -0.2) is 4.68 Å². The summed E-state index contributed by atoms with van der Waals surface area (Å²) in [6, 6.07) is 17.4. The van der Waals surface area contributed by atoms with Crippen molar-refractivity contribution in [2.75, 3.05) is 10.6 Å². The molecule has 0 saturated carbocycles. The number of nitrogens with one attached hydrogen (secondary N) is 2. The standard InChI is InChI=1S/C25H27N5O2/c1-4-8-23-21(16-26-30(23)20-9-6-5-7-10-20)18(3)27-22-15-19(12-11-17(22)2)25(31)28-24-13-14-32-29-24/h5-7,9-16,18,27H,4,8H2,1-3H3,(H,28,29,31). The van der Waals surface area contributed by atoms with Gasteiger partial charge in [0.05, 0.1) is 17.9 Å². The fourth-order valence-corrected chi connectivity index (χ4v) is 3.72. The van der Waals surface area contributed by atoms with E-state index in [1.807, 2.05) is 48.1 Å². The van der Waals surface area contributed by atoms with Crippen molar-refractivity contribution in [1.29, 1.82) is 0 Å². The molecule has 164 valence electrons. The largest absolute Gasteiger partial charge is 0.378 e. The first-order valence-corrected chi connectivity index (χ1v) is 10.8. The van der Waals surface area contributed by atoms with Gasteiger partial charge in [-0.15, -0.1) is 0 Å². The molecule has 0 spiro atoms. The average molecular weight is 430 g/mol. The normalized spacial score (nSPS) is 11.8. The number of aryl methyl sites for hydroxylation is 1. The lowest BCUT2D eigenvalue weighted by Gasteiger charge is -2.19. The number of carbonyl (C=O) groups is 1. The summed E-state index contributed by atoms with van der Waals surface area (Å²) >= 11 is 0. The number of rotatable bonds is 8. The van der Waals surface area contributed by atoms with Crippen LogP contribution in [0.1, 0.15) is 53.5 Å². The van der Waals surface area contributed by atoms with Crippen molar-refractivity contribution >= 4 is 17.4 Å². The highest BCUT2D eigenvalue weighted by Gasteiger charge is 2.18. The van der Waals surface area contributed by atoms with Gasteiger partial charge in [0.2, 0.25) is 0 Å². The van der Waals surface area contributed by atoms with Gasteiger partial charge < -0.3 is 15.2 Å². The zero-order chi connectivity index (χ0) is 22.5. The van der Waals surface area contributed by atoms with Crippen LogP contribution in [0.4, 0.5) is 11.5 Å². The highest BCUT2D eigenvalue weighted by atomic mass is 16.5. The summed E-state index contributed by atoms with van der Waals surface area (Å²) in [7, 11) is 0. The van der Waals surface area contributed by atoms with Crippen LogP contribution in [0.3, 0.4) is 0 Å². The molecule has 0 aliphatic rings. The highest BCUT2D eigenvalue weighted by molar-refractivity contribution is 6.04. The minimum Gasteiger partial charge on any atom is -0.378 e. The molecule has 0 fully saturated rings. The number of anilines is 2. The van der Waals surface area contributed by atoms with Gasteiger partial charge in [0.15, 0.2) is 5.82 Å². The first-order chi connectivity index (χ1) is 15.6. The molecule has 2 aromatic heterocycles. The van der Waals surface area contributed by atoms with Gasteiger partial charge in [0.25, 0.3) is 5.91 Å². The van der Waals surface area contributed by atoms with Gasteiger partial charge in [0.1, 0.15) is 6.26 Å². The van der Waals surface area contributed by atoms with E-state index in [1.165, 1.54) is 12.0 Å². The molecule has 0 bridgehead atoms. The summed E-state index contributed by atoms with van der Waals surface area (Å²) in [5.74, 6) is 0.147. The number of nitrogens with zero attached hydrogens (tertiary/aromatic N) is 3. The smallest absolute Gasteiger partial charge is 0.256 e. The predicted molar refractivity (Wildman–Crippen MR) is 125 cm³/mol. The van der Waals surface area contributed by atoms with E-state index in [9.17, 15) is 4.79 Å². The first-order valence-electron chi connectivity index (χ1n) is 10.8. The Morgan fingerprint density at radius 1 is 1.16 bits per heavy atom. The summed E-state index contributed by atoms with van der Waals surface area (Å²) in [6.45, 7) is 6.31. The van der Waals surface area contributed by atoms with E-state index < -0.39 is 0 Å². The van der Waals surface area contributed by atoms with Crippen LogP contribution in [0.15, 0.2) is 71.6 Å². The Bertz CT molecular complexity index is 1180. The summed E-state index contributed by atoms with van der Waals surface area (Å²) in [5, 5.41) is 14.7. The van der Waals surface area contributed by atoms with Crippen molar-refractivity contribution in [3.05, 3.63) is 89.4 Å². The zero-order valence-corrected chi connectivity index (χ0v) is 18.5. The molecule has 0 aliphatic heterocycles. The number of aromatic nitrogens is 3. The number of carbonyl (C=O) groups excluding carboxylic acids is 1. The Labute approximate surface area is 187 Å². The van der Waals surface area contributed by atoms with E-state index in [2.05, 4.69) is 46.9 Å². The topological polar surface area (TPSA) is 85.0 Å². The molecule has 0 saturated heterocycles. The molecule has 1 atom stereocenters. The SMILES string of the molecule is CCCc1c(C(C)Nc2cc(C(=O)Nc3ccon3)ccc2C)cnn1-c1ccccc1. The number of amides is 1. The Morgan fingerprint density at radius 2 is 1.97 bits per heavy atom. The Hall–Kier alpha value is -3.87. The van der Waals surface area contributed by atoms with Gasteiger partial charge in [-0.1, -0.05) is 42.8 Å². The van der Waals surface area contributed by atoms with Crippen LogP contribution in [0.25, 0.3) is 5.69 Å². The Kier molecular flexibility index (Phi) is 6.35. The second kappa shape index (κ2) is 9.51. The van der Waals surface area contributed by atoms with Gasteiger partial charge in [-0.2, -0.15) is 5.10 Å². The predicted octanol–water partition coefficient (Wildman–Crippen LogP) is 5.55. The highest BCUT2D eigenvalue weighted by Crippen LogP contribution is 2.27. The molecule has 2 heterocycles. The van der Waals surface area contributed by atoms with E-state index in [4.69, 9.17) is 4.52 Å². The van der Waals surface area contributed by atoms with Crippen molar-refractivity contribution in [1.82, 2.24) is 14.9 Å². The first kappa shape index (κ1) is 21.4. The fourth-order valence-electron chi connectivity index (χ4n) is 3.72. The van der Waals surface area contributed by atoms with Gasteiger partial charge in [0, 0.05) is 28.6 Å². The maximum Gasteiger partial charge on any atom is 0.256 e. The third-order valence-electron chi connectivity index (χ3n) is 5.41. The molecular weight excluding hydrogens is 402 g/mol. The zero-order valence-electron chi connectivity index (χ0n) is 18.5. The quantitative estimate of drug-likeness (QED) is 0.384. The molecule has 7 heteroatoms. The van der Waals surface area contributed by atoms with Crippen molar-refractivity contribution in [2.45, 2.75) is 39.7 Å². The Balaban J connectivity index is 1.58. The van der Waals surface area contributed by atoms with Crippen LogP contribution in [-0.2, 0) is 6.42 Å². The van der Waals surface area contributed by atoms with E-state index in [0.29, 0.717) is 11.4 Å². The van der Waals surface area contributed by atoms with Crippen LogP contribution < -0.4 is 10.6 Å². The molecule has 4 rings (SSSR count). The Morgan fingerprint density at radius 3 is 2.69 bits per heavy atom. The van der Waals surface area contributed by atoms with Crippen molar-refractivity contribution in [2.24, 2.45) is 0 Å². The van der Waals surface area contributed by atoms with Gasteiger partial charge >= 0.3 is 0 Å². The molecule has 0 aliphatic carbocycles. The van der Waals surface area contributed by atoms with Crippen LogP contribution in [0.5, 0.6) is 0 Å². The fraction of sp³-hybridized carbons (Fsp3) is 0.240. The third-order valence-corrected chi connectivity index (χ3v) is 5.41. The molecule has 2 aromatic carbocycles. The average Bonchev–Trinajstić information content (AvgIpc) is 3.46. The molecule has 4 aromatic rings. The molecule has 32 heavy (non-hydrogen) atoms. The van der Waals surface area contributed by atoms with Crippen molar-refractivity contribution in [3.63, 3.8) is 0 Å². The molecule has 0 radical (unpaired) electrons.